The number of aliphatic imine (C=N–C) groups is 2. The lowest BCUT2D eigenvalue weighted by Gasteiger charge is -2.36. The van der Waals surface area contributed by atoms with E-state index in [2.05, 4.69) is 9.98 Å². The molecule has 1 aliphatic rings. The van der Waals surface area contributed by atoms with Crippen LogP contribution in [0.1, 0.15) is 25.0 Å². The molecule has 0 unspecified atom stereocenters. The van der Waals surface area contributed by atoms with Gasteiger partial charge in [-0.1, -0.05) is 29.8 Å². The molecule has 0 saturated heterocycles. The lowest BCUT2D eigenvalue weighted by atomic mass is 10.2. The average molecular weight is 434 g/mol. The van der Waals surface area contributed by atoms with Crippen molar-refractivity contribution in [1.29, 1.82) is 0 Å². The van der Waals surface area contributed by atoms with E-state index in [1.165, 1.54) is 10.6 Å². The molecule has 0 aliphatic carbocycles. The van der Waals surface area contributed by atoms with Crippen molar-refractivity contribution in [1.82, 2.24) is 5.06 Å². The van der Waals surface area contributed by atoms with Gasteiger partial charge in [0.05, 0.1) is 0 Å². The quantitative estimate of drug-likeness (QED) is 0.751. The SMILES string of the molecule is Br.Cc1ccc(Oc2cccc(CON3C(N)=NC(N)=NC3(C)C)c2)cc1. The molecular formula is C19H24BrN5O2. The molecule has 2 aromatic carbocycles. The van der Waals surface area contributed by atoms with Crippen LogP contribution in [0.2, 0.25) is 0 Å². The Bertz CT molecular complexity index is 849. The topological polar surface area (TPSA) is 98.5 Å². The first-order valence-corrected chi connectivity index (χ1v) is 8.29. The molecule has 0 atom stereocenters. The minimum Gasteiger partial charge on any atom is -0.457 e. The second-order valence-electron chi connectivity index (χ2n) is 6.56. The summed E-state index contributed by atoms with van der Waals surface area (Å²) in [5.41, 5.74) is 13.0. The van der Waals surface area contributed by atoms with Crippen molar-refractivity contribution in [2.24, 2.45) is 21.5 Å². The van der Waals surface area contributed by atoms with Gasteiger partial charge in [-0.15, -0.1) is 17.0 Å². The maximum absolute atomic E-state index is 5.92. The van der Waals surface area contributed by atoms with Gasteiger partial charge in [0.15, 0.2) is 5.66 Å². The number of hydrogen-bond acceptors (Lipinski definition) is 7. The van der Waals surface area contributed by atoms with Crippen molar-refractivity contribution < 1.29 is 9.57 Å². The first kappa shape index (κ1) is 20.7. The molecule has 1 aliphatic heterocycles. The third kappa shape index (κ3) is 5.21. The third-order valence-electron chi connectivity index (χ3n) is 3.84. The number of aryl methyl sites for hydroxylation is 1. The molecule has 4 N–H and O–H groups in total. The number of ether oxygens (including phenoxy) is 1. The molecule has 7 nitrogen and oxygen atoms in total. The smallest absolute Gasteiger partial charge is 0.226 e. The van der Waals surface area contributed by atoms with Crippen LogP contribution < -0.4 is 16.2 Å². The van der Waals surface area contributed by atoms with E-state index >= 15 is 0 Å². The van der Waals surface area contributed by atoms with Crippen molar-refractivity contribution >= 4 is 28.9 Å². The Kier molecular flexibility index (Phi) is 6.45. The number of guanidine groups is 2. The van der Waals surface area contributed by atoms with Gasteiger partial charge in [-0.3, -0.25) is 4.84 Å². The van der Waals surface area contributed by atoms with E-state index < -0.39 is 5.66 Å². The molecule has 0 radical (unpaired) electrons. The highest BCUT2D eigenvalue weighted by Crippen LogP contribution is 2.24. The Morgan fingerprint density at radius 2 is 1.74 bits per heavy atom. The molecule has 0 fully saturated rings. The summed E-state index contributed by atoms with van der Waals surface area (Å²) in [5.74, 6) is 1.83. The van der Waals surface area contributed by atoms with Gasteiger partial charge >= 0.3 is 0 Å². The molecule has 144 valence electrons. The number of hydrogen-bond donors (Lipinski definition) is 2. The number of benzene rings is 2. The molecule has 0 amide bonds. The van der Waals surface area contributed by atoms with Crippen molar-refractivity contribution in [3.63, 3.8) is 0 Å². The van der Waals surface area contributed by atoms with Crippen LogP contribution in [0.4, 0.5) is 0 Å². The normalized spacial score (nSPS) is 15.4. The molecule has 3 rings (SSSR count). The molecule has 0 spiro atoms. The van der Waals surface area contributed by atoms with Crippen molar-refractivity contribution in [3.05, 3.63) is 59.7 Å². The van der Waals surface area contributed by atoms with Gasteiger partial charge < -0.3 is 16.2 Å². The minimum atomic E-state index is -0.730. The highest BCUT2D eigenvalue weighted by molar-refractivity contribution is 8.93. The lowest BCUT2D eigenvalue weighted by Crippen LogP contribution is -2.53. The van der Waals surface area contributed by atoms with Crippen LogP contribution in [-0.2, 0) is 11.4 Å². The van der Waals surface area contributed by atoms with E-state index in [0.29, 0.717) is 6.61 Å². The number of hydroxylamine groups is 2. The Balaban J connectivity index is 0.00000261. The van der Waals surface area contributed by atoms with E-state index in [-0.39, 0.29) is 28.9 Å². The van der Waals surface area contributed by atoms with Crippen LogP contribution in [0, 0.1) is 6.92 Å². The molecule has 2 aromatic rings. The molecule has 0 saturated carbocycles. The molecule has 0 bridgehead atoms. The van der Waals surface area contributed by atoms with Gasteiger partial charge in [-0.2, -0.15) is 10.1 Å². The number of nitrogens with zero attached hydrogens (tertiary/aromatic N) is 3. The first-order valence-electron chi connectivity index (χ1n) is 8.29. The summed E-state index contributed by atoms with van der Waals surface area (Å²) in [6.07, 6.45) is 0. The van der Waals surface area contributed by atoms with Crippen molar-refractivity contribution in [2.75, 3.05) is 0 Å². The monoisotopic (exact) mass is 433 g/mol. The summed E-state index contributed by atoms with van der Waals surface area (Å²) in [6, 6.07) is 15.6. The van der Waals surface area contributed by atoms with Gasteiger partial charge in [-0.05, 0) is 50.6 Å². The molecule has 1 heterocycles. The first-order chi connectivity index (χ1) is 12.3. The highest BCUT2D eigenvalue weighted by Gasteiger charge is 2.33. The molecular weight excluding hydrogens is 410 g/mol. The van der Waals surface area contributed by atoms with E-state index in [1.807, 2.05) is 69.3 Å². The summed E-state index contributed by atoms with van der Waals surface area (Å²) in [7, 11) is 0. The number of nitrogens with two attached hydrogens (primary N) is 2. The van der Waals surface area contributed by atoms with Crippen LogP contribution in [0.15, 0.2) is 58.5 Å². The van der Waals surface area contributed by atoms with Gasteiger partial charge in [-0.25, -0.2) is 4.99 Å². The van der Waals surface area contributed by atoms with Crippen LogP contribution in [-0.4, -0.2) is 22.6 Å². The zero-order valence-electron chi connectivity index (χ0n) is 15.5. The van der Waals surface area contributed by atoms with E-state index in [1.54, 1.807) is 0 Å². The fourth-order valence-corrected chi connectivity index (χ4v) is 2.60. The largest absolute Gasteiger partial charge is 0.457 e. The van der Waals surface area contributed by atoms with Crippen LogP contribution in [0.25, 0.3) is 0 Å². The van der Waals surface area contributed by atoms with E-state index in [0.717, 1.165) is 17.1 Å². The number of halogens is 1. The maximum atomic E-state index is 5.92. The zero-order valence-corrected chi connectivity index (χ0v) is 17.3. The predicted octanol–water partition coefficient (Wildman–Crippen LogP) is 3.48. The van der Waals surface area contributed by atoms with Gasteiger partial charge in [0.25, 0.3) is 0 Å². The molecule has 27 heavy (non-hydrogen) atoms. The van der Waals surface area contributed by atoms with Gasteiger partial charge in [0, 0.05) is 0 Å². The highest BCUT2D eigenvalue weighted by atomic mass is 79.9. The van der Waals surface area contributed by atoms with E-state index in [4.69, 9.17) is 21.0 Å². The standard InChI is InChI=1S/C19H23N5O2.BrH/c1-13-7-9-15(10-8-13)26-16-6-4-5-14(11-16)12-25-24-18(21)22-17(20)23-19(24,2)3;/h4-11H,12H2,1-3H3,(H4,20,21,22,23);1H. The fourth-order valence-electron chi connectivity index (χ4n) is 2.60. The molecule has 8 heteroatoms. The predicted molar refractivity (Wildman–Crippen MR) is 112 cm³/mol. The summed E-state index contributed by atoms with van der Waals surface area (Å²) in [4.78, 5) is 14.0. The van der Waals surface area contributed by atoms with Crippen LogP contribution >= 0.6 is 17.0 Å². The average Bonchev–Trinajstić information content (AvgIpc) is 2.55. The summed E-state index contributed by atoms with van der Waals surface area (Å²) < 4.78 is 5.89. The van der Waals surface area contributed by atoms with E-state index in [9.17, 15) is 0 Å². The third-order valence-corrected chi connectivity index (χ3v) is 3.84. The number of rotatable bonds is 5. The maximum Gasteiger partial charge on any atom is 0.226 e. The fraction of sp³-hybridized carbons (Fsp3) is 0.263. The second kappa shape index (κ2) is 8.41. The second-order valence-corrected chi connectivity index (χ2v) is 6.56. The lowest BCUT2D eigenvalue weighted by molar-refractivity contribution is -0.166. The Hall–Kier alpha value is -2.58. The van der Waals surface area contributed by atoms with Crippen LogP contribution in [0.5, 0.6) is 11.5 Å². The van der Waals surface area contributed by atoms with Gasteiger partial charge in [0.2, 0.25) is 11.9 Å². The Morgan fingerprint density at radius 1 is 1.04 bits per heavy atom. The molecule has 0 aromatic heterocycles. The minimum absolute atomic E-state index is 0. The van der Waals surface area contributed by atoms with Gasteiger partial charge in [0.1, 0.15) is 18.1 Å². The zero-order chi connectivity index (χ0) is 18.7. The summed E-state index contributed by atoms with van der Waals surface area (Å²) in [5, 5.41) is 1.46. The summed E-state index contributed by atoms with van der Waals surface area (Å²) >= 11 is 0. The van der Waals surface area contributed by atoms with Crippen LogP contribution in [0.3, 0.4) is 0 Å². The summed E-state index contributed by atoms with van der Waals surface area (Å²) in [6.45, 7) is 6.02. The Morgan fingerprint density at radius 3 is 2.41 bits per heavy atom. The van der Waals surface area contributed by atoms with Crippen molar-refractivity contribution in [2.45, 2.75) is 33.0 Å². The Labute approximate surface area is 169 Å². The van der Waals surface area contributed by atoms with Crippen molar-refractivity contribution in [3.8, 4) is 11.5 Å².